The van der Waals surface area contributed by atoms with Crippen molar-refractivity contribution in [1.29, 1.82) is 0 Å². The fourth-order valence-electron chi connectivity index (χ4n) is 2.24. The Hall–Kier alpha value is -2.73. The van der Waals surface area contributed by atoms with Crippen molar-refractivity contribution in [3.05, 3.63) is 0 Å². The van der Waals surface area contributed by atoms with Gasteiger partial charge in [0.25, 0.3) is 0 Å². The van der Waals surface area contributed by atoms with Crippen molar-refractivity contribution in [2.75, 3.05) is 26.7 Å². The van der Waals surface area contributed by atoms with Gasteiger partial charge >= 0.3 is 11.9 Å². The number of carboxylic acids is 2. The molecule has 12 nitrogen and oxygen atoms in total. The average molecular weight is 403 g/mol. The van der Waals surface area contributed by atoms with Gasteiger partial charge in [0.2, 0.25) is 17.7 Å². The van der Waals surface area contributed by atoms with Gasteiger partial charge in [-0.15, -0.1) is 0 Å². The number of nitrogens with two attached hydrogens (primary N) is 1. The van der Waals surface area contributed by atoms with Gasteiger partial charge in [0.15, 0.2) is 0 Å². The highest BCUT2D eigenvalue weighted by atomic mass is 16.4. The summed E-state index contributed by atoms with van der Waals surface area (Å²) in [4.78, 5) is 57.2. The molecule has 0 fully saturated rings. The summed E-state index contributed by atoms with van der Waals surface area (Å²) >= 11 is 0. The fourth-order valence-corrected chi connectivity index (χ4v) is 2.24. The molecule has 0 bridgehead atoms. The van der Waals surface area contributed by atoms with Crippen LogP contribution >= 0.6 is 0 Å². The first kappa shape index (κ1) is 25.3. The second kappa shape index (κ2) is 14.3. The Labute approximate surface area is 162 Å². The van der Waals surface area contributed by atoms with Crippen molar-refractivity contribution >= 4 is 29.7 Å². The van der Waals surface area contributed by atoms with Crippen molar-refractivity contribution in [2.24, 2.45) is 5.73 Å². The Morgan fingerprint density at radius 3 is 2.07 bits per heavy atom. The lowest BCUT2D eigenvalue weighted by Crippen LogP contribution is -2.53. The Morgan fingerprint density at radius 2 is 1.54 bits per heavy atom. The molecule has 12 heteroatoms. The monoisotopic (exact) mass is 403 g/mol. The molecule has 0 rings (SSSR count). The number of aliphatic carboxylic acids is 2. The molecule has 28 heavy (non-hydrogen) atoms. The van der Waals surface area contributed by atoms with E-state index in [1.54, 1.807) is 0 Å². The van der Waals surface area contributed by atoms with E-state index in [-0.39, 0.29) is 19.3 Å². The number of unbranched alkanes of at least 4 members (excludes halogenated alkanes) is 1. The zero-order valence-electron chi connectivity index (χ0n) is 15.8. The lowest BCUT2D eigenvalue weighted by Gasteiger charge is -2.22. The summed E-state index contributed by atoms with van der Waals surface area (Å²) in [7, 11) is 1.50. The van der Waals surface area contributed by atoms with Gasteiger partial charge < -0.3 is 37.2 Å². The molecule has 160 valence electrons. The summed E-state index contributed by atoms with van der Waals surface area (Å²) in [5.41, 5.74) is 5.43. The quantitative estimate of drug-likeness (QED) is 0.143. The van der Waals surface area contributed by atoms with Crippen molar-refractivity contribution in [3.63, 3.8) is 0 Å². The van der Waals surface area contributed by atoms with Crippen LogP contribution < -0.4 is 27.0 Å². The van der Waals surface area contributed by atoms with E-state index < -0.39 is 54.8 Å². The predicted molar refractivity (Wildman–Crippen MR) is 98.2 cm³/mol. The van der Waals surface area contributed by atoms with E-state index in [2.05, 4.69) is 21.3 Å². The maximum absolute atomic E-state index is 12.3. The zero-order chi connectivity index (χ0) is 21.5. The van der Waals surface area contributed by atoms with Crippen molar-refractivity contribution in [3.8, 4) is 0 Å². The smallest absolute Gasteiger partial charge is 0.322 e. The van der Waals surface area contributed by atoms with E-state index in [9.17, 15) is 24.0 Å². The number of carbonyl (C=O) groups excluding carboxylic acids is 3. The molecule has 2 unspecified atom stereocenters. The summed E-state index contributed by atoms with van der Waals surface area (Å²) in [6.07, 6.45) is 1.30. The van der Waals surface area contributed by atoms with E-state index in [0.29, 0.717) is 19.4 Å². The van der Waals surface area contributed by atoms with Crippen LogP contribution in [0.3, 0.4) is 0 Å². The van der Waals surface area contributed by atoms with Gasteiger partial charge in [-0.3, -0.25) is 24.0 Å². The summed E-state index contributed by atoms with van der Waals surface area (Å²) in [6, 6.07) is -1.73. The summed E-state index contributed by atoms with van der Waals surface area (Å²) < 4.78 is 0. The molecule has 0 aromatic heterocycles. The second-order valence-electron chi connectivity index (χ2n) is 6.01. The SMILES string of the molecule is CNC(CCC(=O)O)C(=O)NC(CCCCN)C(=O)NCC(=O)NCC(=O)O. The van der Waals surface area contributed by atoms with Crippen LogP contribution in [0.15, 0.2) is 0 Å². The molecule has 0 spiro atoms. The third kappa shape index (κ3) is 11.8. The van der Waals surface area contributed by atoms with Crippen LogP contribution in [0.1, 0.15) is 32.1 Å². The molecule has 3 amide bonds. The third-order valence-electron chi connectivity index (χ3n) is 3.75. The molecule has 0 aromatic carbocycles. The Bertz CT molecular complexity index is 556. The molecular formula is C16H29N5O7. The van der Waals surface area contributed by atoms with Crippen LogP contribution in [-0.2, 0) is 24.0 Å². The Kier molecular flexibility index (Phi) is 12.9. The topological polar surface area (TPSA) is 200 Å². The third-order valence-corrected chi connectivity index (χ3v) is 3.75. The maximum atomic E-state index is 12.3. The second-order valence-corrected chi connectivity index (χ2v) is 6.01. The van der Waals surface area contributed by atoms with Crippen molar-refractivity contribution < 1.29 is 34.2 Å². The van der Waals surface area contributed by atoms with Crippen LogP contribution in [0.25, 0.3) is 0 Å². The fraction of sp³-hybridized carbons (Fsp3) is 0.688. The first-order valence-corrected chi connectivity index (χ1v) is 8.87. The predicted octanol–water partition coefficient (Wildman–Crippen LogP) is -2.63. The molecule has 0 aliphatic heterocycles. The summed E-state index contributed by atoms with van der Waals surface area (Å²) in [6.45, 7) is -0.597. The van der Waals surface area contributed by atoms with E-state index in [0.717, 1.165) is 0 Å². The molecule has 0 aliphatic rings. The minimum atomic E-state index is -1.22. The van der Waals surface area contributed by atoms with Crippen LogP contribution in [-0.4, -0.2) is 78.6 Å². The molecule has 8 N–H and O–H groups in total. The molecule has 0 aliphatic carbocycles. The molecule has 0 heterocycles. The van der Waals surface area contributed by atoms with Crippen LogP contribution in [0.5, 0.6) is 0 Å². The zero-order valence-corrected chi connectivity index (χ0v) is 15.8. The van der Waals surface area contributed by atoms with Gasteiger partial charge in [0.1, 0.15) is 12.6 Å². The number of amides is 3. The highest BCUT2D eigenvalue weighted by molar-refractivity contribution is 5.92. The number of likely N-dealkylation sites (N-methyl/N-ethyl adjacent to an activating group) is 1. The van der Waals surface area contributed by atoms with E-state index in [1.165, 1.54) is 7.05 Å². The van der Waals surface area contributed by atoms with Gasteiger partial charge in [-0.25, -0.2) is 0 Å². The molecule has 0 saturated carbocycles. The number of nitrogens with one attached hydrogen (secondary N) is 4. The van der Waals surface area contributed by atoms with E-state index in [1.807, 2.05) is 0 Å². The largest absolute Gasteiger partial charge is 0.481 e. The first-order valence-electron chi connectivity index (χ1n) is 8.87. The molecule has 2 atom stereocenters. The molecule has 0 radical (unpaired) electrons. The van der Waals surface area contributed by atoms with Crippen molar-refractivity contribution in [1.82, 2.24) is 21.3 Å². The van der Waals surface area contributed by atoms with E-state index in [4.69, 9.17) is 15.9 Å². The standard InChI is InChI=1S/C16H29N5O7/c1-18-10(5-6-13(23)24)16(28)21-11(4-2-3-7-17)15(27)20-8-12(22)19-9-14(25)26/h10-11,18H,2-9,17H2,1H3,(H,19,22)(H,20,27)(H,21,28)(H,23,24)(H,25,26). The van der Waals surface area contributed by atoms with Crippen LogP contribution in [0.2, 0.25) is 0 Å². The van der Waals surface area contributed by atoms with Gasteiger partial charge in [0, 0.05) is 6.42 Å². The number of hydrogen-bond acceptors (Lipinski definition) is 7. The maximum Gasteiger partial charge on any atom is 0.322 e. The highest BCUT2D eigenvalue weighted by Gasteiger charge is 2.25. The minimum absolute atomic E-state index is 0.0480. The number of carboxylic acid groups (broad SMARTS) is 2. The van der Waals surface area contributed by atoms with Crippen LogP contribution in [0, 0.1) is 0 Å². The summed E-state index contributed by atoms with van der Waals surface area (Å²) in [5, 5.41) is 26.9. The Morgan fingerprint density at radius 1 is 0.857 bits per heavy atom. The molecule has 0 saturated heterocycles. The van der Waals surface area contributed by atoms with Crippen LogP contribution in [0.4, 0.5) is 0 Å². The minimum Gasteiger partial charge on any atom is -0.481 e. The van der Waals surface area contributed by atoms with Gasteiger partial charge in [-0.2, -0.15) is 0 Å². The van der Waals surface area contributed by atoms with Gasteiger partial charge in [-0.1, -0.05) is 0 Å². The average Bonchev–Trinajstić information content (AvgIpc) is 2.63. The normalized spacial score (nSPS) is 12.5. The lowest BCUT2D eigenvalue weighted by atomic mass is 10.1. The van der Waals surface area contributed by atoms with Gasteiger partial charge in [-0.05, 0) is 39.3 Å². The number of rotatable bonds is 15. The Balaban J connectivity index is 4.78. The highest BCUT2D eigenvalue weighted by Crippen LogP contribution is 2.04. The number of hydrogen-bond donors (Lipinski definition) is 7. The molecular weight excluding hydrogens is 374 g/mol. The lowest BCUT2D eigenvalue weighted by molar-refractivity contribution is -0.138. The summed E-state index contributed by atoms with van der Waals surface area (Å²) in [5.74, 6) is -4.09. The number of carbonyl (C=O) groups is 5. The van der Waals surface area contributed by atoms with Crippen molar-refractivity contribution in [2.45, 2.75) is 44.2 Å². The first-order chi connectivity index (χ1) is 13.2. The van der Waals surface area contributed by atoms with E-state index >= 15 is 0 Å². The molecule has 0 aromatic rings. The van der Waals surface area contributed by atoms with Gasteiger partial charge in [0.05, 0.1) is 12.6 Å².